The fraction of sp³-hybridized carbons (Fsp3) is 0.158. The minimum absolute atomic E-state index is 0.108. The molecule has 0 spiro atoms. The van der Waals surface area contributed by atoms with Crippen molar-refractivity contribution in [3.63, 3.8) is 0 Å². The van der Waals surface area contributed by atoms with Crippen molar-refractivity contribution in [2.75, 3.05) is 19.4 Å². The van der Waals surface area contributed by atoms with Crippen LogP contribution < -0.4 is 5.32 Å². The van der Waals surface area contributed by atoms with Gasteiger partial charge in [-0.3, -0.25) is 9.59 Å². The minimum Gasteiger partial charge on any atom is -0.345 e. The number of carbonyl (C=O) groups is 2. The zero-order chi connectivity index (χ0) is 22.1. The first-order valence-corrected chi connectivity index (χ1v) is 8.50. The van der Waals surface area contributed by atoms with Gasteiger partial charge in [0, 0.05) is 25.3 Å². The maximum Gasteiger partial charge on any atom is 0.435 e. The van der Waals surface area contributed by atoms with Gasteiger partial charge in [0.1, 0.15) is 5.82 Å². The molecule has 0 saturated heterocycles. The van der Waals surface area contributed by atoms with Crippen LogP contribution in [0.2, 0.25) is 0 Å². The fourth-order valence-corrected chi connectivity index (χ4v) is 2.63. The van der Waals surface area contributed by atoms with Gasteiger partial charge in [-0.05, 0) is 42.5 Å². The Labute approximate surface area is 167 Å². The topological polar surface area (TPSA) is 80.1 Å². The Kier molecular flexibility index (Phi) is 5.54. The SMILES string of the molecule is CN(C)C(=O)c1cccc(NC(=O)c2nnn(-c3ccc(F)cc3)c2C(F)(F)F)c1. The predicted molar refractivity (Wildman–Crippen MR) is 98.7 cm³/mol. The van der Waals surface area contributed by atoms with Crippen molar-refractivity contribution in [3.8, 4) is 5.69 Å². The third-order valence-electron chi connectivity index (χ3n) is 4.00. The lowest BCUT2D eigenvalue weighted by Crippen LogP contribution is -2.23. The molecule has 2 aromatic carbocycles. The Morgan fingerprint density at radius 2 is 1.73 bits per heavy atom. The van der Waals surface area contributed by atoms with Crippen molar-refractivity contribution in [1.29, 1.82) is 0 Å². The molecule has 0 saturated carbocycles. The van der Waals surface area contributed by atoms with E-state index in [2.05, 4.69) is 15.6 Å². The van der Waals surface area contributed by atoms with E-state index < -0.39 is 29.3 Å². The van der Waals surface area contributed by atoms with Crippen molar-refractivity contribution in [1.82, 2.24) is 19.9 Å². The van der Waals surface area contributed by atoms with E-state index in [0.29, 0.717) is 4.68 Å². The summed E-state index contributed by atoms with van der Waals surface area (Å²) in [5.41, 5.74) is -2.14. The summed E-state index contributed by atoms with van der Waals surface area (Å²) in [4.78, 5) is 25.9. The lowest BCUT2D eigenvalue weighted by atomic mass is 10.1. The van der Waals surface area contributed by atoms with Crippen LogP contribution in [-0.2, 0) is 6.18 Å². The highest BCUT2D eigenvalue weighted by Crippen LogP contribution is 2.33. The number of amides is 2. The van der Waals surface area contributed by atoms with E-state index in [1.807, 2.05) is 0 Å². The molecule has 2 amide bonds. The molecule has 1 heterocycles. The van der Waals surface area contributed by atoms with Gasteiger partial charge in [-0.1, -0.05) is 11.3 Å². The molecule has 3 aromatic rings. The van der Waals surface area contributed by atoms with Crippen molar-refractivity contribution in [2.45, 2.75) is 6.18 Å². The summed E-state index contributed by atoms with van der Waals surface area (Å²) >= 11 is 0. The van der Waals surface area contributed by atoms with Crippen LogP contribution in [0.5, 0.6) is 0 Å². The molecule has 0 fully saturated rings. The van der Waals surface area contributed by atoms with Crippen LogP contribution in [0.25, 0.3) is 5.69 Å². The van der Waals surface area contributed by atoms with Gasteiger partial charge >= 0.3 is 6.18 Å². The Morgan fingerprint density at radius 1 is 1.07 bits per heavy atom. The lowest BCUT2D eigenvalue weighted by molar-refractivity contribution is -0.143. The van der Waals surface area contributed by atoms with Gasteiger partial charge in [-0.15, -0.1) is 5.10 Å². The quantitative estimate of drug-likeness (QED) is 0.655. The van der Waals surface area contributed by atoms with E-state index in [0.717, 1.165) is 24.3 Å². The predicted octanol–water partition coefficient (Wildman–Crippen LogP) is 3.38. The fourth-order valence-electron chi connectivity index (χ4n) is 2.63. The third-order valence-corrected chi connectivity index (χ3v) is 4.00. The van der Waals surface area contributed by atoms with Crippen LogP contribution in [0.3, 0.4) is 0 Å². The second-order valence-electron chi connectivity index (χ2n) is 6.41. The monoisotopic (exact) mass is 421 g/mol. The molecule has 0 radical (unpaired) electrons. The van der Waals surface area contributed by atoms with Crippen molar-refractivity contribution in [2.24, 2.45) is 0 Å². The molecular formula is C19H15F4N5O2. The molecule has 1 N–H and O–H groups in total. The van der Waals surface area contributed by atoms with Crippen LogP contribution in [0, 0.1) is 5.82 Å². The highest BCUT2D eigenvalue weighted by Gasteiger charge is 2.42. The Balaban J connectivity index is 1.96. The van der Waals surface area contributed by atoms with E-state index >= 15 is 0 Å². The molecule has 0 aliphatic rings. The molecule has 0 unspecified atom stereocenters. The average Bonchev–Trinajstić information content (AvgIpc) is 3.14. The molecule has 156 valence electrons. The number of rotatable bonds is 4. The van der Waals surface area contributed by atoms with E-state index in [1.165, 1.54) is 43.3 Å². The normalized spacial score (nSPS) is 11.3. The van der Waals surface area contributed by atoms with Gasteiger partial charge in [-0.25, -0.2) is 9.07 Å². The molecule has 0 atom stereocenters. The maximum absolute atomic E-state index is 13.7. The second kappa shape index (κ2) is 7.93. The molecule has 30 heavy (non-hydrogen) atoms. The molecule has 0 aliphatic carbocycles. The molecular weight excluding hydrogens is 406 g/mol. The highest BCUT2D eigenvalue weighted by atomic mass is 19.4. The Bertz CT molecular complexity index is 1090. The number of hydrogen-bond donors (Lipinski definition) is 1. The zero-order valence-electron chi connectivity index (χ0n) is 15.7. The molecule has 0 bridgehead atoms. The summed E-state index contributed by atoms with van der Waals surface area (Å²) in [7, 11) is 3.08. The minimum atomic E-state index is -4.96. The number of nitrogens with one attached hydrogen (secondary N) is 1. The smallest absolute Gasteiger partial charge is 0.345 e. The van der Waals surface area contributed by atoms with Gasteiger partial charge in [-0.2, -0.15) is 13.2 Å². The number of alkyl halides is 3. The number of aromatic nitrogens is 3. The van der Waals surface area contributed by atoms with Gasteiger partial charge in [0.15, 0.2) is 11.4 Å². The van der Waals surface area contributed by atoms with E-state index in [4.69, 9.17) is 0 Å². The first-order valence-electron chi connectivity index (χ1n) is 8.50. The van der Waals surface area contributed by atoms with Gasteiger partial charge in [0.2, 0.25) is 0 Å². The zero-order valence-corrected chi connectivity index (χ0v) is 15.7. The first-order chi connectivity index (χ1) is 14.1. The number of benzene rings is 2. The summed E-state index contributed by atoms with van der Waals surface area (Å²) in [5.74, 6) is -2.15. The number of nitrogens with zero attached hydrogens (tertiary/aromatic N) is 4. The van der Waals surface area contributed by atoms with E-state index in [9.17, 15) is 27.2 Å². The van der Waals surface area contributed by atoms with Crippen molar-refractivity contribution < 1.29 is 27.2 Å². The number of carbonyl (C=O) groups excluding carboxylic acids is 2. The van der Waals surface area contributed by atoms with Crippen LogP contribution in [0.15, 0.2) is 48.5 Å². The summed E-state index contributed by atoms with van der Waals surface area (Å²) in [6.45, 7) is 0. The van der Waals surface area contributed by atoms with Gasteiger partial charge < -0.3 is 10.2 Å². The average molecular weight is 421 g/mol. The number of hydrogen-bond acceptors (Lipinski definition) is 4. The van der Waals surface area contributed by atoms with Crippen molar-refractivity contribution in [3.05, 3.63) is 71.3 Å². The van der Waals surface area contributed by atoms with Gasteiger partial charge in [0.05, 0.1) is 5.69 Å². The van der Waals surface area contributed by atoms with Crippen LogP contribution in [0.4, 0.5) is 23.2 Å². The largest absolute Gasteiger partial charge is 0.435 e. The summed E-state index contributed by atoms with van der Waals surface area (Å²) in [6.07, 6.45) is -4.96. The van der Waals surface area contributed by atoms with Gasteiger partial charge in [0.25, 0.3) is 11.8 Å². The van der Waals surface area contributed by atoms with E-state index in [-0.39, 0.29) is 22.8 Å². The van der Waals surface area contributed by atoms with Crippen LogP contribution >= 0.6 is 0 Å². The van der Waals surface area contributed by atoms with Crippen LogP contribution in [0.1, 0.15) is 26.5 Å². The van der Waals surface area contributed by atoms with Crippen molar-refractivity contribution >= 4 is 17.5 Å². The summed E-state index contributed by atoms with van der Waals surface area (Å²) in [6, 6.07) is 9.82. The number of halogens is 4. The molecule has 3 rings (SSSR count). The second-order valence-corrected chi connectivity index (χ2v) is 6.41. The molecule has 1 aromatic heterocycles. The number of anilines is 1. The molecule has 7 nitrogen and oxygen atoms in total. The summed E-state index contributed by atoms with van der Waals surface area (Å²) < 4.78 is 54.5. The van der Waals surface area contributed by atoms with E-state index in [1.54, 1.807) is 0 Å². The first kappa shape index (κ1) is 21.0. The highest BCUT2D eigenvalue weighted by molar-refractivity contribution is 6.04. The molecule has 11 heteroatoms. The summed E-state index contributed by atoms with van der Waals surface area (Å²) in [5, 5.41) is 9.09. The molecule has 0 aliphatic heterocycles. The Hall–Kier alpha value is -3.76. The Morgan fingerprint density at radius 3 is 2.33 bits per heavy atom. The van der Waals surface area contributed by atoms with Crippen LogP contribution in [-0.4, -0.2) is 45.8 Å². The lowest BCUT2D eigenvalue weighted by Gasteiger charge is -2.13. The standard InChI is InChI=1S/C19H15F4N5O2/c1-27(2)18(30)11-4-3-5-13(10-11)24-17(29)15-16(19(21,22)23)28(26-25-15)14-8-6-12(20)7-9-14/h3-10H,1-2H3,(H,24,29). The third kappa shape index (κ3) is 4.29. The maximum atomic E-state index is 13.7.